The Balaban J connectivity index is 2.41. The topological polar surface area (TPSA) is 96.0 Å². The summed E-state index contributed by atoms with van der Waals surface area (Å²) in [4.78, 5) is 27.8. The monoisotopic (exact) mass is 509 g/mol. The number of carbonyl (C=O) groups excluding carboxylic acids is 2. The van der Waals surface area contributed by atoms with Crippen LogP contribution >= 0.6 is 11.6 Å². The number of para-hydroxylation sites is 2. The number of halogens is 1. The van der Waals surface area contributed by atoms with E-state index < -0.39 is 28.5 Å². The summed E-state index contributed by atoms with van der Waals surface area (Å²) in [6.07, 6.45) is 1.76. The third-order valence-corrected chi connectivity index (χ3v) is 6.85. The molecule has 8 nitrogen and oxygen atoms in total. The minimum absolute atomic E-state index is 0.0662. The fourth-order valence-electron chi connectivity index (χ4n) is 3.27. The highest BCUT2D eigenvalue weighted by molar-refractivity contribution is 7.92. The number of nitrogens with zero attached hydrogens (tertiary/aromatic N) is 2. The summed E-state index contributed by atoms with van der Waals surface area (Å²) in [7, 11) is -2.41. The van der Waals surface area contributed by atoms with Crippen LogP contribution in [0.1, 0.15) is 32.8 Å². The largest absolute Gasteiger partial charge is 0.495 e. The zero-order valence-electron chi connectivity index (χ0n) is 20.1. The second-order valence-corrected chi connectivity index (χ2v) is 10.4. The molecule has 0 fully saturated rings. The molecular formula is C24H32ClN3O5S. The maximum Gasteiger partial charge on any atom is 0.244 e. The van der Waals surface area contributed by atoms with E-state index in [-0.39, 0.29) is 24.2 Å². The highest BCUT2D eigenvalue weighted by Crippen LogP contribution is 2.29. The average molecular weight is 510 g/mol. The lowest BCUT2D eigenvalue weighted by Crippen LogP contribution is -2.52. The van der Waals surface area contributed by atoms with Gasteiger partial charge >= 0.3 is 0 Å². The van der Waals surface area contributed by atoms with E-state index in [9.17, 15) is 18.0 Å². The number of amides is 2. The summed E-state index contributed by atoms with van der Waals surface area (Å²) >= 11 is 5.98. The molecule has 0 aliphatic heterocycles. The van der Waals surface area contributed by atoms with Gasteiger partial charge in [-0.25, -0.2) is 8.42 Å². The van der Waals surface area contributed by atoms with E-state index >= 15 is 0 Å². The van der Waals surface area contributed by atoms with E-state index in [1.807, 2.05) is 13.8 Å². The van der Waals surface area contributed by atoms with Crippen molar-refractivity contribution in [2.45, 2.75) is 45.8 Å². The number of hydrogen-bond donors (Lipinski definition) is 1. The van der Waals surface area contributed by atoms with Crippen LogP contribution in [-0.4, -0.2) is 57.1 Å². The van der Waals surface area contributed by atoms with E-state index in [0.29, 0.717) is 10.8 Å². The van der Waals surface area contributed by atoms with Crippen molar-refractivity contribution in [3.8, 4) is 5.75 Å². The lowest BCUT2D eigenvalue weighted by molar-refractivity contribution is -0.139. The van der Waals surface area contributed by atoms with E-state index in [1.54, 1.807) is 55.5 Å². The number of benzene rings is 2. The predicted molar refractivity (Wildman–Crippen MR) is 135 cm³/mol. The minimum atomic E-state index is -3.84. The normalized spacial score (nSPS) is 13.0. The Morgan fingerprint density at radius 3 is 2.26 bits per heavy atom. The quantitative estimate of drug-likeness (QED) is 0.500. The first-order valence-electron chi connectivity index (χ1n) is 10.9. The summed E-state index contributed by atoms with van der Waals surface area (Å²) in [5, 5.41) is 3.43. The zero-order valence-corrected chi connectivity index (χ0v) is 21.7. The number of nitrogens with one attached hydrogen (secondary N) is 1. The van der Waals surface area contributed by atoms with Crippen LogP contribution in [0, 0.1) is 0 Å². The van der Waals surface area contributed by atoms with E-state index in [2.05, 4.69) is 5.32 Å². The third-order valence-electron chi connectivity index (χ3n) is 5.47. The summed E-state index contributed by atoms with van der Waals surface area (Å²) in [6.45, 7) is 5.06. The Bertz CT molecular complexity index is 1090. The maximum atomic E-state index is 13.5. The summed E-state index contributed by atoms with van der Waals surface area (Å²) < 4.78 is 31.6. The van der Waals surface area contributed by atoms with Crippen LogP contribution in [0.3, 0.4) is 0 Å². The van der Waals surface area contributed by atoms with Crippen LogP contribution in [0.4, 0.5) is 5.69 Å². The van der Waals surface area contributed by atoms with E-state index in [0.717, 1.165) is 22.5 Å². The Morgan fingerprint density at radius 2 is 1.71 bits per heavy atom. The number of sulfonamides is 1. The van der Waals surface area contributed by atoms with Crippen LogP contribution < -0.4 is 14.4 Å². The summed E-state index contributed by atoms with van der Waals surface area (Å²) in [5.74, 6) is -0.537. The highest BCUT2D eigenvalue weighted by Gasteiger charge is 2.31. The molecule has 2 aromatic rings. The molecule has 2 aromatic carbocycles. The van der Waals surface area contributed by atoms with Crippen molar-refractivity contribution in [2.75, 3.05) is 24.2 Å². The number of ether oxygens (including phenoxy) is 1. The molecule has 0 heterocycles. The second kappa shape index (κ2) is 12.1. The molecule has 0 aromatic heterocycles. The van der Waals surface area contributed by atoms with Gasteiger partial charge in [-0.1, -0.05) is 42.8 Å². The molecule has 34 heavy (non-hydrogen) atoms. The van der Waals surface area contributed by atoms with Crippen molar-refractivity contribution in [3.05, 3.63) is 59.1 Å². The van der Waals surface area contributed by atoms with Gasteiger partial charge in [0.05, 0.1) is 19.1 Å². The predicted octanol–water partition coefficient (Wildman–Crippen LogP) is 3.45. The number of rotatable bonds is 11. The highest BCUT2D eigenvalue weighted by atomic mass is 35.5. The Kier molecular flexibility index (Phi) is 9.76. The van der Waals surface area contributed by atoms with Crippen molar-refractivity contribution < 1.29 is 22.7 Å². The standard InChI is InChI=1S/C24H32ClN3O5S/c1-6-17(2)26-24(30)18(3)27(15-19-11-13-20(25)14-12-19)23(29)16-28(34(5,31)32)21-9-7-8-10-22(21)33-4/h7-14,17-18H,6,15-16H2,1-5H3,(H,26,30)/t17-,18+/m0/s1. The molecule has 2 rings (SSSR count). The van der Waals surface area contributed by atoms with E-state index in [4.69, 9.17) is 16.3 Å². The van der Waals surface area contributed by atoms with E-state index in [1.165, 1.54) is 12.0 Å². The van der Waals surface area contributed by atoms with Gasteiger partial charge in [0.2, 0.25) is 21.8 Å². The fraction of sp³-hybridized carbons (Fsp3) is 0.417. The molecule has 0 radical (unpaired) electrons. The zero-order chi connectivity index (χ0) is 25.5. The molecule has 10 heteroatoms. The first kappa shape index (κ1) is 27.5. The molecule has 0 aliphatic rings. The number of carbonyl (C=O) groups is 2. The summed E-state index contributed by atoms with van der Waals surface area (Å²) in [6, 6.07) is 12.6. The Hall–Kier alpha value is -2.78. The maximum absolute atomic E-state index is 13.5. The Morgan fingerprint density at radius 1 is 1.09 bits per heavy atom. The Labute approximate surface area is 206 Å². The van der Waals surface area contributed by atoms with Crippen molar-refractivity contribution in [1.82, 2.24) is 10.2 Å². The van der Waals surface area contributed by atoms with Gasteiger partial charge in [-0.3, -0.25) is 13.9 Å². The molecule has 0 saturated carbocycles. The van der Waals surface area contributed by atoms with Crippen LogP contribution in [0.5, 0.6) is 5.75 Å². The van der Waals surface area contributed by atoms with Gasteiger partial charge in [-0.05, 0) is 50.1 Å². The smallest absolute Gasteiger partial charge is 0.244 e. The van der Waals surface area contributed by atoms with Crippen molar-refractivity contribution in [3.63, 3.8) is 0 Å². The number of anilines is 1. The molecule has 1 N–H and O–H groups in total. The SMILES string of the molecule is CC[C@H](C)NC(=O)[C@@H](C)N(Cc1ccc(Cl)cc1)C(=O)CN(c1ccccc1OC)S(C)(=O)=O. The third kappa shape index (κ3) is 7.36. The van der Waals surface area contributed by atoms with Gasteiger partial charge in [0, 0.05) is 17.6 Å². The molecule has 0 unspecified atom stereocenters. The molecule has 2 atom stereocenters. The van der Waals surface area contributed by atoms with Gasteiger partial charge in [-0.15, -0.1) is 0 Å². The molecular weight excluding hydrogens is 478 g/mol. The van der Waals surface area contributed by atoms with Gasteiger partial charge in [-0.2, -0.15) is 0 Å². The fourth-order valence-corrected chi connectivity index (χ4v) is 4.24. The molecule has 0 spiro atoms. The van der Waals surface area contributed by atoms with Gasteiger partial charge in [0.1, 0.15) is 18.3 Å². The second-order valence-electron chi connectivity index (χ2n) is 8.08. The molecule has 0 aliphatic carbocycles. The molecule has 0 saturated heterocycles. The number of methoxy groups -OCH3 is 1. The molecule has 186 valence electrons. The number of hydrogen-bond acceptors (Lipinski definition) is 5. The van der Waals surface area contributed by atoms with Crippen LogP contribution in [0.2, 0.25) is 5.02 Å². The van der Waals surface area contributed by atoms with Crippen molar-refractivity contribution >= 4 is 39.1 Å². The first-order valence-corrected chi connectivity index (χ1v) is 13.2. The van der Waals surface area contributed by atoms with Gasteiger partial charge in [0.25, 0.3) is 0 Å². The van der Waals surface area contributed by atoms with Crippen LogP contribution in [0.25, 0.3) is 0 Å². The van der Waals surface area contributed by atoms with Gasteiger partial charge in [0.15, 0.2) is 0 Å². The van der Waals surface area contributed by atoms with Crippen molar-refractivity contribution in [2.24, 2.45) is 0 Å². The van der Waals surface area contributed by atoms with Crippen molar-refractivity contribution in [1.29, 1.82) is 0 Å². The van der Waals surface area contributed by atoms with Gasteiger partial charge < -0.3 is 15.0 Å². The lowest BCUT2D eigenvalue weighted by atomic mass is 10.1. The first-order chi connectivity index (χ1) is 16.0. The molecule has 2 amide bonds. The van der Waals surface area contributed by atoms with Crippen LogP contribution in [0.15, 0.2) is 48.5 Å². The minimum Gasteiger partial charge on any atom is -0.495 e. The van der Waals surface area contributed by atoms with Crippen LogP contribution in [-0.2, 0) is 26.2 Å². The summed E-state index contributed by atoms with van der Waals surface area (Å²) in [5.41, 5.74) is 0.994. The lowest BCUT2D eigenvalue weighted by Gasteiger charge is -2.32. The average Bonchev–Trinajstić information content (AvgIpc) is 2.80. The molecule has 0 bridgehead atoms.